The van der Waals surface area contributed by atoms with Gasteiger partial charge in [0.05, 0.1) is 5.41 Å². The van der Waals surface area contributed by atoms with Crippen molar-refractivity contribution in [1.82, 2.24) is 5.06 Å². The Balaban J connectivity index is 2.59. The van der Waals surface area contributed by atoms with Gasteiger partial charge in [0, 0.05) is 12.8 Å². The van der Waals surface area contributed by atoms with E-state index in [9.17, 15) is 14.4 Å². The number of carbonyl (C=O) groups excluding carboxylic acids is 3. The van der Waals surface area contributed by atoms with Crippen molar-refractivity contribution in [3.8, 4) is 0 Å². The molecule has 0 unspecified atom stereocenters. The third-order valence-electron chi connectivity index (χ3n) is 2.89. The summed E-state index contributed by atoms with van der Waals surface area (Å²) in [6, 6.07) is 0. The van der Waals surface area contributed by atoms with Crippen LogP contribution >= 0.6 is 0 Å². The highest BCUT2D eigenvalue weighted by Gasteiger charge is 2.37. The molecule has 96 valence electrons. The van der Waals surface area contributed by atoms with E-state index < -0.39 is 23.2 Å². The van der Waals surface area contributed by atoms with Crippen molar-refractivity contribution in [3.63, 3.8) is 0 Å². The zero-order valence-electron chi connectivity index (χ0n) is 10.6. The number of hydrogen-bond acceptors (Lipinski definition) is 4. The molecule has 0 radical (unpaired) electrons. The maximum Gasteiger partial charge on any atom is 0.338 e. The SMILES string of the molecule is CCCCC(C)(C)C(=O)ON1C(=O)CCC1=O. The maximum atomic E-state index is 11.8. The third kappa shape index (κ3) is 3.28. The molecule has 0 saturated carbocycles. The van der Waals surface area contributed by atoms with Gasteiger partial charge in [0.2, 0.25) is 0 Å². The second-order valence-corrected chi connectivity index (χ2v) is 4.95. The predicted octanol–water partition coefficient (Wildman–Crippen LogP) is 1.81. The molecule has 0 aromatic rings. The van der Waals surface area contributed by atoms with E-state index in [0.717, 1.165) is 12.8 Å². The lowest BCUT2D eigenvalue weighted by Gasteiger charge is -2.24. The summed E-state index contributed by atoms with van der Waals surface area (Å²) in [4.78, 5) is 39.3. The molecule has 0 N–H and O–H groups in total. The molecule has 1 aliphatic rings. The van der Waals surface area contributed by atoms with Crippen LogP contribution < -0.4 is 0 Å². The normalized spacial score (nSPS) is 16.5. The van der Waals surface area contributed by atoms with Gasteiger partial charge < -0.3 is 4.84 Å². The van der Waals surface area contributed by atoms with Crippen LogP contribution in [-0.2, 0) is 19.2 Å². The first-order valence-electron chi connectivity index (χ1n) is 5.96. The first-order chi connectivity index (χ1) is 7.88. The highest BCUT2D eigenvalue weighted by Crippen LogP contribution is 2.26. The number of hydrogen-bond donors (Lipinski definition) is 0. The van der Waals surface area contributed by atoms with E-state index in [2.05, 4.69) is 0 Å². The van der Waals surface area contributed by atoms with Crippen LogP contribution in [0.2, 0.25) is 0 Å². The van der Waals surface area contributed by atoms with Crippen LogP contribution in [0.4, 0.5) is 0 Å². The molecule has 17 heavy (non-hydrogen) atoms. The Morgan fingerprint density at radius 3 is 2.29 bits per heavy atom. The number of unbranched alkanes of at least 4 members (excludes halogenated alkanes) is 1. The van der Waals surface area contributed by atoms with Crippen LogP contribution in [0.3, 0.4) is 0 Å². The fraction of sp³-hybridized carbons (Fsp3) is 0.750. The summed E-state index contributed by atoms with van der Waals surface area (Å²) >= 11 is 0. The van der Waals surface area contributed by atoms with Crippen molar-refractivity contribution < 1.29 is 19.2 Å². The Morgan fingerprint density at radius 1 is 1.29 bits per heavy atom. The van der Waals surface area contributed by atoms with Crippen molar-refractivity contribution in [3.05, 3.63) is 0 Å². The number of hydroxylamine groups is 2. The molecule has 0 spiro atoms. The van der Waals surface area contributed by atoms with E-state index in [4.69, 9.17) is 4.84 Å². The maximum absolute atomic E-state index is 11.8. The Hall–Kier alpha value is -1.39. The molecule has 0 atom stereocenters. The van der Waals surface area contributed by atoms with Gasteiger partial charge in [0.25, 0.3) is 11.8 Å². The molecule has 1 saturated heterocycles. The molecule has 0 aromatic heterocycles. The minimum Gasteiger partial charge on any atom is -0.330 e. The molecule has 1 aliphatic heterocycles. The number of imide groups is 1. The van der Waals surface area contributed by atoms with Crippen molar-refractivity contribution in [2.75, 3.05) is 0 Å². The second-order valence-electron chi connectivity index (χ2n) is 4.95. The molecule has 2 amide bonds. The Morgan fingerprint density at radius 2 is 1.82 bits per heavy atom. The largest absolute Gasteiger partial charge is 0.338 e. The van der Waals surface area contributed by atoms with Gasteiger partial charge in [-0.3, -0.25) is 9.59 Å². The van der Waals surface area contributed by atoms with Gasteiger partial charge in [-0.2, -0.15) is 0 Å². The summed E-state index contributed by atoms with van der Waals surface area (Å²) in [5.74, 6) is -1.39. The average Bonchev–Trinajstić information content (AvgIpc) is 2.58. The highest BCUT2D eigenvalue weighted by atomic mass is 16.7. The van der Waals surface area contributed by atoms with E-state index in [-0.39, 0.29) is 12.8 Å². The summed E-state index contributed by atoms with van der Waals surface area (Å²) < 4.78 is 0. The Bertz CT molecular complexity index is 319. The zero-order chi connectivity index (χ0) is 13.1. The number of rotatable bonds is 5. The van der Waals surface area contributed by atoms with E-state index in [1.165, 1.54) is 0 Å². The van der Waals surface area contributed by atoms with Gasteiger partial charge in [0.15, 0.2) is 0 Å². The molecule has 5 nitrogen and oxygen atoms in total. The summed E-state index contributed by atoms with van der Waals surface area (Å²) in [7, 11) is 0. The van der Waals surface area contributed by atoms with Gasteiger partial charge >= 0.3 is 5.97 Å². The van der Waals surface area contributed by atoms with E-state index >= 15 is 0 Å². The molecule has 0 aliphatic carbocycles. The molecule has 5 heteroatoms. The molecular weight excluding hydrogens is 222 g/mol. The van der Waals surface area contributed by atoms with E-state index in [1.807, 2.05) is 6.92 Å². The first-order valence-corrected chi connectivity index (χ1v) is 5.96. The van der Waals surface area contributed by atoms with Crippen LogP contribution in [0.15, 0.2) is 0 Å². The van der Waals surface area contributed by atoms with Crippen molar-refractivity contribution >= 4 is 17.8 Å². The summed E-state index contributed by atoms with van der Waals surface area (Å²) in [6.45, 7) is 5.56. The lowest BCUT2D eigenvalue weighted by Crippen LogP contribution is -2.37. The zero-order valence-corrected chi connectivity index (χ0v) is 10.6. The van der Waals surface area contributed by atoms with Gasteiger partial charge in [-0.15, -0.1) is 5.06 Å². The standard InChI is InChI=1S/C12H19NO4/c1-4-5-8-12(2,3)11(16)17-13-9(14)6-7-10(13)15/h4-8H2,1-3H3. The van der Waals surface area contributed by atoms with Crippen molar-refractivity contribution in [1.29, 1.82) is 0 Å². The smallest absolute Gasteiger partial charge is 0.330 e. The lowest BCUT2D eigenvalue weighted by molar-refractivity contribution is -0.204. The summed E-state index contributed by atoms with van der Waals surface area (Å²) in [5.41, 5.74) is -0.668. The minimum atomic E-state index is -0.668. The Kier molecular flexibility index (Phi) is 4.26. The molecule has 1 rings (SSSR count). The summed E-state index contributed by atoms with van der Waals surface area (Å²) in [6.07, 6.45) is 2.82. The van der Waals surface area contributed by atoms with Gasteiger partial charge in [-0.25, -0.2) is 4.79 Å². The molecule has 1 fully saturated rings. The second kappa shape index (κ2) is 5.29. The third-order valence-corrected chi connectivity index (χ3v) is 2.89. The topological polar surface area (TPSA) is 63.7 Å². The van der Waals surface area contributed by atoms with E-state index in [1.54, 1.807) is 13.8 Å². The molecule has 0 bridgehead atoms. The van der Waals surface area contributed by atoms with Crippen LogP contribution in [0, 0.1) is 5.41 Å². The van der Waals surface area contributed by atoms with Crippen LogP contribution in [-0.4, -0.2) is 22.8 Å². The molecule has 0 aromatic carbocycles. The van der Waals surface area contributed by atoms with Gasteiger partial charge in [0.1, 0.15) is 0 Å². The summed E-state index contributed by atoms with van der Waals surface area (Å²) in [5, 5.41) is 0.607. The minimum absolute atomic E-state index is 0.126. The van der Waals surface area contributed by atoms with Gasteiger partial charge in [-0.1, -0.05) is 19.8 Å². The quantitative estimate of drug-likeness (QED) is 0.688. The Labute approximate surface area is 101 Å². The van der Waals surface area contributed by atoms with Crippen LogP contribution in [0.1, 0.15) is 52.9 Å². The monoisotopic (exact) mass is 241 g/mol. The van der Waals surface area contributed by atoms with Crippen LogP contribution in [0.5, 0.6) is 0 Å². The van der Waals surface area contributed by atoms with Crippen molar-refractivity contribution in [2.24, 2.45) is 5.41 Å². The highest BCUT2D eigenvalue weighted by molar-refractivity contribution is 6.01. The number of nitrogens with zero attached hydrogens (tertiary/aromatic N) is 1. The van der Waals surface area contributed by atoms with Crippen molar-refractivity contribution in [2.45, 2.75) is 52.9 Å². The predicted molar refractivity (Wildman–Crippen MR) is 60.5 cm³/mol. The lowest BCUT2D eigenvalue weighted by atomic mass is 9.87. The van der Waals surface area contributed by atoms with E-state index in [0.29, 0.717) is 11.5 Å². The number of amides is 2. The molecule has 1 heterocycles. The fourth-order valence-corrected chi connectivity index (χ4v) is 1.59. The average molecular weight is 241 g/mol. The number of carbonyl (C=O) groups is 3. The first kappa shape index (κ1) is 13.7. The fourth-order valence-electron chi connectivity index (χ4n) is 1.59. The van der Waals surface area contributed by atoms with Crippen LogP contribution in [0.25, 0.3) is 0 Å². The van der Waals surface area contributed by atoms with Gasteiger partial charge in [-0.05, 0) is 20.3 Å². The molecular formula is C12H19NO4.